The monoisotopic (exact) mass is 571 g/mol. The summed E-state index contributed by atoms with van der Waals surface area (Å²) in [5, 5.41) is 3.67. The minimum Gasteiger partial charge on any atom is -0.497 e. The summed E-state index contributed by atoms with van der Waals surface area (Å²) in [5.74, 6) is 1.27. The van der Waals surface area contributed by atoms with Crippen LogP contribution < -0.4 is 10.1 Å². The maximum absolute atomic E-state index is 13.3. The molecule has 0 saturated heterocycles. The number of nitrogens with one attached hydrogen (secondary N) is 1. The molecule has 3 rings (SSSR count). The molecule has 0 atom stereocenters. The van der Waals surface area contributed by atoms with E-state index in [0.717, 1.165) is 22.3 Å². The highest BCUT2D eigenvalue weighted by Crippen LogP contribution is 2.28. The number of sulfonamides is 1. The van der Waals surface area contributed by atoms with Crippen LogP contribution in [0.5, 0.6) is 5.75 Å². The Morgan fingerprint density at radius 2 is 1.68 bits per heavy atom. The van der Waals surface area contributed by atoms with Gasteiger partial charge in [-0.2, -0.15) is 0 Å². The third kappa shape index (κ3) is 8.56. The van der Waals surface area contributed by atoms with Gasteiger partial charge in [-0.3, -0.25) is 9.10 Å². The Hall–Kier alpha value is -2.88. The van der Waals surface area contributed by atoms with Crippen molar-refractivity contribution >= 4 is 15.9 Å². The second-order valence-corrected chi connectivity index (χ2v) is 12.7. The average molecular weight is 572 g/mol. The summed E-state index contributed by atoms with van der Waals surface area (Å²) in [7, 11) is -0.552. The molecule has 0 bridgehead atoms. The highest BCUT2D eigenvalue weighted by molar-refractivity contribution is 7.89. The zero-order chi connectivity index (χ0) is 29.3. The van der Waals surface area contributed by atoms with E-state index in [4.69, 9.17) is 9.47 Å². The number of likely N-dealkylation sites (N-methyl/N-ethyl adjacent to an activating group) is 1. The number of rotatable bonds is 14. The lowest BCUT2D eigenvalue weighted by Gasteiger charge is -2.27. The zero-order valence-electron chi connectivity index (χ0n) is 24.6. The van der Waals surface area contributed by atoms with E-state index in [1.54, 1.807) is 45.0 Å². The summed E-state index contributed by atoms with van der Waals surface area (Å²) in [4.78, 5) is 14.5. The fourth-order valence-electron chi connectivity index (χ4n) is 5.14. The van der Waals surface area contributed by atoms with E-state index in [2.05, 4.69) is 43.1 Å². The van der Waals surface area contributed by atoms with Gasteiger partial charge in [0.2, 0.25) is 5.91 Å². The normalized spacial score (nSPS) is 17.3. The molecule has 0 heterocycles. The van der Waals surface area contributed by atoms with E-state index in [1.165, 1.54) is 37.4 Å². The molecule has 9 heteroatoms. The largest absolute Gasteiger partial charge is 0.497 e. The van der Waals surface area contributed by atoms with E-state index in [0.29, 0.717) is 29.5 Å². The lowest BCUT2D eigenvalue weighted by molar-refractivity contribution is -0.135. The van der Waals surface area contributed by atoms with Gasteiger partial charge in [-0.05, 0) is 79.8 Å². The minimum absolute atomic E-state index is 0.0448. The summed E-state index contributed by atoms with van der Waals surface area (Å²) < 4.78 is 38.5. The molecule has 40 heavy (non-hydrogen) atoms. The Bertz CT molecular complexity index is 1220. The fourth-order valence-corrected chi connectivity index (χ4v) is 6.81. The standard InChI is InChI=1S/C31H45N3O5S/c1-7-34(40(36,37)31-24(3)18-29(38-6)19-25(31)4)16-17-39-22-30(35)33(5)21-27-12-10-26(11-13-27)20-32-28-14-8-23(2)9-15-28/h7,10-13,18-19,23,28,32H,1,8-9,14-17,20-22H2,2-6H3. The van der Waals surface area contributed by atoms with Crippen molar-refractivity contribution < 1.29 is 22.7 Å². The van der Waals surface area contributed by atoms with E-state index >= 15 is 0 Å². The van der Waals surface area contributed by atoms with Crippen LogP contribution in [0, 0.1) is 19.8 Å². The number of amides is 1. The van der Waals surface area contributed by atoms with Gasteiger partial charge >= 0.3 is 0 Å². The first-order valence-electron chi connectivity index (χ1n) is 14.0. The van der Waals surface area contributed by atoms with Crippen molar-refractivity contribution in [3.8, 4) is 5.75 Å². The van der Waals surface area contributed by atoms with Gasteiger partial charge < -0.3 is 19.7 Å². The number of hydrogen-bond acceptors (Lipinski definition) is 6. The van der Waals surface area contributed by atoms with Crippen LogP contribution in [0.3, 0.4) is 0 Å². The fraction of sp³-hybridized carbons (Fsp3) is 0.516. The van der Waals surface area contributed by atoms with E-state index in [9.17, 15) is 13.2 Å². The Morgan fingerprint density at radius 3 is 2.25 bits per heavy atom. The summed E-state index contributed by atoms with van der Waals surface area (Å²) in [6, 6.07) is 12.3. The molecular weight excluding hydrogens is 526 g/mol. The van der Waals surface area contributed by atoms with Crippen LogP contribution in [0.1, 0.15) is 54.9 Å². The number of benzene rings is 2. The number of methoxy groups -OCH3 is 1. The van der Waals surface area contributed by atoms with Gasteiger partial charge in [0.1, 0.15) is 12.4 Å². The summed E-state index contributed by atoms with van der Waals surface area (Å²) in [6.07, 6.45) is 6.37. The Labute approximate surface area is 240 Å². The Kier molecular flexibility index (Phi) is 11.6. The number of ether oxygens (including phenoxy) is 2. The molecule has 0 unspecified atom stereocenters. The molecule has 1 fully saturated rings. The zero-order valence-corrected chi connectivity index (χ0v) is 25.4. The molecular formula is C31H45N3O5S. The predicted octanol–water partition coefficient (Wildman–Crippen LogP) is 4.79. The van der Waals surface area contributed by atoms with Crippen molar-refractivity contribution in [2.24, 2.45) is 5.92 Å². The Morgan fingerprint density at radius 1 is 1.07 bits per heavy atom. The highest BCUT2D eigenvalue weighted by Gasteiger charge is 2.26. The van der Waals surface area contributed by atoms with Gasteiger partial charge in [0.15, 0.2) is 0 Å². The second kappa shape index (κ2) is 14.7. The number of aryl methyl sites for hydroxylation is 2. The van der Waals surface area contributed by atoms with Crippen molar-refractivity contribution in [2.45, 2.75) is 70.5 Å². The lowest BCUT2D eigenvalue weighted by atomic mass is 9.87. The Balaban J connectivity index is 1.44. The molecule has 2 aromatic carbocycles. The van der Waals surface area contributed by atoms with Crippen molar-refractivity contribution in [3.05, 3.63) is 71.4 Å². The van der Waals surface area contributed by atoms with Crippen molar-refractivity contribution in [3.63, 3.8) is 0 Å². The van der Waals surface area contributed by atoms with Crippen LogP contribution in [0.4, 0.5) is 0 Å². The topological polar surface area (TPSA) is 88.2 Å². The molecule has 0 aliphatic heterocycles. The van der Waals surface area contributed by atoms with E-state index < -0.39 is 10.0 Å². The SMILES string of the molecule is C=CN(CCOCC(=O)N(C)Cc1ccc(CNC2CCC(C)CC2)cc1)S(=O)(=O)c1c(C)cc(OC)cc1C. The van der Waals surface area contributed by atoms with Crippen LogP contribution in [0.2, 0.25) is 0 Å². The number of carbonyl (C=O) groups excluding carboxylic acids is 1. The van der Waals surface area contributed by atoms with Crippen LogP contribution in [0.25, 0.3) is 0 Å². The molecule has 0 spiro atoms. The molecule has 0 radical (unpaired) electrons. The third-order valence-corrected chi connectivity index (χ3v) is 9.71. The first-order chi connectivity index (χ1) is 19.0. The molecule has 8 nitrogen and oxygen atoms in total. The van der Waals surface area contributed by atoms with Gasteiger partial charge in [0.25, 0.3) is 10.0 Å². The van der Waals surface area contributed by atoms with E-state index in [-0.39, 0.29) is 30.6 Å². The highest BCUT2D eigenvalue weighted by atomic mass is 32.2. The lowest BCUT2D eigenvalue weighted by Crippen LogP contribution is -2.33. The maximum atomic E-state index is 13.3. The quantitative estimate of drug-likeness (QED) is 0.328. The first-order valence-corrected chi connectivity index (χ1v) is 15.4. The van der Waals surface area contributed by atoms with Crippen molar-refractivity contribution in [1.29, 1.82) is 0 Å². The molecule has 1 N–H and O–H groups in total. The minimum atomic E-state index is -3.83. The summed E-state index contributed by atoms with van der Waals surface area (Å²) in [5.41, 5.74) is 3.45. The van der Waals surface area contributed by atoms with Gasteiger partial charge in [0.05, 0.1) is 25.2 Å². The molecule has 1 aliphatic rings. The molecule has 2 aromatic rings. The molecule has 1 amide bonds. The smallest absolute Gasteiger partial charge is 0.264 e. The number of hydrogen-bond donors (Lipinski definition) is 1. The first kappa shape index (κ1) is 31.6. The molecule has 0 aromatic heterocycles. The summed E-state index contributed by atoms with van der Waals surface area (Å²) >= 11 is 0. The molecule has 1 saturated carbocycles. The second-order valence-electron chi connectivity index (χ2n) is 10.8. The van der Waals surface area contributed by atoms with Gasteiger partial charge in [-0.25, -0.2) is 8.42 Å². The van der Waals surface area contributed by atoms with Gasteiger partial charge in [-0.1, -0.05) is 37.8 Å². The van der Waals surface area contributed by atoms with Crippen molar-refractivity contribution in [1.82, 2.24) is 14.5 Å². The van der Waals surface area contributed by atoms with Crippen molar-refractivity contribution in [2.75, 3.05) is 33.9 Å². The maximum Gasteiger partial charge on any atom is 0.264 e. The predicted molar refractivity (Wildman–Crippen MR) is 159 cm³/mol. The number of carbonyl (C=O) groups is 1. The van der Waals surface area contributed by atoms with Gasteiger partial charge in [0, 0.05) is 32.4 Å². The third-order valence-electron chi connectivity index (χ3n) is 7.60. The summed E-state index contributed by atoms with van der Waals surface area (Å²) in [6.45, 7) is 10.8. The molecule has 220 valence electrons. The van der Waals surface area contributed by atoms with Crippen LogP contribution in [-0.2, 0) is 32.6 Å². The average Bonchev–Trinajstić information content (AvgIpc) is 2.92. The van der Waals surface area contributed by atoms with E-state index in [1.807, 2.05) is 0 Å². The van der Waals surface area contributed by atoms with Crippen LogP contribution in [-0.4, -0.2) is 63.5 Å². The van der Waals surface area contributed by atoms with Crippen LogP contribution in [0.15, 0.2) is 54.1 Å². The molecule has 1 aliphatic carbocycles. The number of nitrogens with zero attached hydrogens (tertiary/aromatic N) is 2. The van der Waals surface area contributed by atoms with Crippen LogP contribution >= 0.6 is 0 Å². The van der Waals surface area contributed by atoms with Gasteiger partial charge in [-0.15, -0.1) is 0 Å².